The largest absolute Gasteiger partial charge is 0.493 e. The van der Waals surface area contributed by atoms with E-state index in [4.69, 9.17) is 9.47 Å². The summed E-state index contributed by atoms with van der Waals surface area (Å²) in [4.78, 5) is 15.7. The highest BCUT2D eigenvalue weighted by Crippen LogP contribution is 2.41. The van der Waals surface area contributed by atoms with Crippen LogP contribution in [0.5, 0.6) is 11.5 Å². The maximum atomic E-state index is 12.5. The first-order chi connectivity index (χ1) is 12.7. The Morgan fingerprint density at radius 3 is 2.58 bits per heavy atom. The number of hydrogen-bond donors (Lipinski definition) is 0. The SMILES string of the molecule is CCSc1ccc(C2SCC(=O)N2Cc2cccc(OC)c2OC)cc1. The van der Waals surface area contributed by atoms with Crippen molar-refractivity contribution in [3.05, 3.63) is 53.6 Å². The molecule has 1 aliphatic heterocycles. The minimum Gasteiger partial charge on any atom is -0.493 e. The molecule has 1 atom stereocenters. The van der Waals surface area contributed by atoms with Gasteiger partial charge in [0, 0.05) is 10.5 Å². The van der Waals surface area contributed by atoms with Gasteiger partial charge in [-0.05, 0) is 29.5 Å². The number of nitrogens with zero attached hydrogens (tertiary/aromatic N) is 1. The average Bonchev–Trinajstić information content (AvgIpc) is 3.03. The van der Waals surface area contributed by atoms with Gasteiger partial charge in [0.15, 0.2) is 11.5 Å². The summed E-state index contributed by atoms with van der Waals surface area (Å²) in [5.74, 6) is 3.08. The topological polar surface area (TPSA) is 38.8 Å². The molecular formula is C20H23NO3S2. The fourth-order valence-electron chi connectivity index (χ4n) is 3.06. The molecule has 0 N–H and O–H groups in total. The number of carbonyl (C=O) groups excluding carboxylic acids is 1. The van der Waals surface area contributed by atoms with Gasteiger partial charge >= 0.3 is 0 Å². The fourth-order valence-corrected chi connectivity index (χ4v) is 4.91. The van der Waals surface area contributed by atoms with Gasteiger partial charge in [0.25, 0.3) is 0 Å². The van der Waals surface area contributed by atoms with E-state index in [1.54, 1.807) is 26.0 Å². The predicted octanol–water partition coefficient (Wildman–Crippen LogP) is 4.59. The monoisotopic (exact) mass is 389 g/mol. The molecule has 0 saturated carbocycles. The van der Waals surface area contributed by atoms with Crippen molar-refractivity contribution in [2.45, 2.75) is 23.7 Å². The summed E-state index contributed by atoms with van der Waals surface area (Å²) in [6, 6.07) is 14.3. The number of hydrogen-bond acceptors (Lipinski definition) is 5. The number of para-hydroxylation sites is 1. The Morgan fingerprint density at radius 1 is 1.15 bits per heavy atom. The molecular weight excluding hydrogens is 366 g/mol. The van der Waals surface area contributed by atoms with Crippen molar-refractivity contribution in [2.75, 3.05) is 25.7 Å². The normalized spacial score (nSPS) is 16.8. The lowest BCUT2D eigenvalue weighted by molar-refractivity contribution is -0.128. The van der Waals surface area contributed by atoms with E-state index in [0.29, 0.717) is 23.8 Å². The van der Waals surface area contributed by atoms with Gasteiger partial charge in [-0.1, -0.05) is 31.2 Å². The molecule has 0 aromatic heterocycles. The lowest BCUT2D eigenvalue weighted by Gasteiger charge is -2.25. The summed E-state index contributed by atoms with van der Waals surface area (Å²) < 4.78 is 10.9. The Kier molecular flexibility index (Phi) is 6.38. The molecule has 1 aliphatic rings. The molecule has 0 aliphatic carbocycles. The van der Waals surface area contributed by atoms with Gasteiger partial charge in [-0.25, -0.2) is 0 Å². The Morgan fingerprint density at radius 2 is 1.92 bits per heavy atom. The number of ether oxygens (including phenoxy) is 2. The van der Waals surface area contributed by atoms with Crippen LogP contribution in [0.2, 0.25) is 0 Å². The van der Waals surface area contributed by atoms with Crippen LogP contribution in [0.1, 0.15) is 23.4 Å². The third-order valence-electron chi connectivity index (χ3n) is 4.27. The van der Waals surface area contributed by atoms with Crippen molar-refractivity contribution in [3.63, 3.8) is 0 Å². The third kappa shape index (κ3) is 3.96. The van der Waals surface area contributed by atoms with Crippen molar-refractivity contribution in [1.29, 1.82) is 0 Å². The molecule has 2 aromatic rings. The summed E-state index contributed by atoms with van der Waals surface area (Å²) in [5, 5.41) is 0.0269. The Bertz CT molecular complexity index is 764. The number of benzene rings is 2. The van der Waals surface area contributed by atoms with Gasteiger partial charge in [-0.2, -0.15) is 0 Å². The Hall–Kier alpha value is -1.79. The highest BCUT2D eigenvalue weighted by Gasteiger charge is 2.33. The van der Waals surface area contributed by atoms with E-state index in [1.807, 2.05) is 34.9 Å². The van der Waals surface area contributed by atoms with Crippen molar-refractivity contribution in [1.82, 2.24) is 4.90 Å². The van der Waals surface area contributed by atoms with Crippen LogP contribution in [0.4, 0.5) is 0 Å². The van der Waals surface area contributed by atoms with E-state index in [2.05, 4.69) is 31.2 Å². The first-order valence-electron chi connectivity index (χ1n) is 8.51. The number of rotatable bonds is 7. The van der Waals surface area contributed by atoms with E-state index >= 15 is 0 Å². The highest BCUT2D eigenvalue weighted by molar-refractivity contribution is 8.00. The van der Waals surface area contributed by atoms with Crippen molar-refractivity contribution in [3.8, 4) is 11.5 Å². The summed E-state index contributed by atoms with van der Waals surface area (Å²) in [6.07, 6.45) is 0. The maximum Gasteiger partial charge on any atom is 0.234 e. The molecule has 4 nitrogen and oxygen atoms in total. The first kappa shape index (κ1) is 19.0. The van der Waals surface area contributed by atoms with E-state index < -0.39 is 0 Å². The first-order valence-corrected chi connectivity index (χ1v) is 10.5. The van der Waals surface area contributed by atoms with Crippen LogP contribution < -0.4 is 9.47 Å². The number of thioether (sulfide) groups is 2. The molecule has 0 radical (unpaired) electrons. The predicted molar refractivity (Wildman–Crippen MR) is 108 cm³/mol. The lowest BCUT2D eigenvalue weighted by atomic mass is 10.1. The van der Waals surface area contributed by atoms with Crippen LogP contribution in [-0.4, -0.2) is 36.5 Å². The smallest absolute Gasteiger partial charge is 0.234 e. The zero-order valence-electron chi connectivity index (χ0n) is 15.2. The Labute approximate surface area is 163 Å². The molecule has 0 spiro atoms. The molecule has 1 unspecified atom stereocenters. The second kappa shape index (κ2) is 8.73. The summed E-state index contributed by atoms with van der Waals surface area (Å²) in [7, 11) is 3.25. The van der Waals surface area contributed by atoms with Crippen LogP contribution >= 0.6 is 23.5 Å². The zero-order valence-corrected chi connectivity index (χ0v) is 16.9. The van der Waals surface area contributed by atoms with Crippen LogP contribution in [0, 0.1) is 0 Å². The standard InChI is InChI=1S/C20H23NO3S2/c1-4-25-16-10-8-14(9-11-16)20-21(18(22)13-26-20)12-15-6-5-7-17(23-2)19(15)24-3/h5-11,20H,4,12-13H2,1-3H3. The lowest BCUT2D eigenvalue weighted by Crippen LogP contribution is -2.27. The Balaban J connectivity index is 1.85. The van der Waals surface area contributed by atoms with Crippen LogP contribution in [0.25, 0.3) is 0 Å². The molecule has 26 heavy (non-hydrogen) atoms. The van der Waals surface area contributed by atoms with Gasteiger partial charge in [0.1, 0.15) is 5.37 Å². The fraction of sp³-hybridized carbons (Fsp3) is 0.350. The summed E-state index contributed by atoms with van der Waals surface area (Å²) >= 11 is 3.49. The van der Waals surface area contributed by atoms with E-state index in [0.717, 1.165) is 16.9 Å². The van der Waals surface area contributed by atoms with Gasteiger partial charge in [-0.15, -0.1) is 23.5 Å². The molecule has 0 bridgehead atoms. The van der Waals surface area contributed by atoms with E-state index in [9.17, 15) is 4.79 Å². The van der Waals surface area contributed by atoms with E-state index in [1.165, 1.54) is 4.90 Å². The number of amides is 1. The van der Waals surface area contributed by atoms with Gasteiger partial charge < -0.3 is 14.4 Å². The molecule has 138 valence electrons. The summed E-state index contributed by atoms with van der Waals surface area (Å²) in [6.45, 7) is 2.65. The maximum absolute atomic E-state index is 12.5. The van der Waals surface area contributed by atoms with Gasteiger partial charge in [0.2, 0.25) is 5.91 Å². The molecule has 1 saturated heterocycles. The van der Waals surface area contributed by atoms with E-state index in [-0.39, 0.29) is 11.3 Å². The molecule has 1 heterocycles. The number of methoxy groups -OCH3 is 2. The highest BCUT2D eigenvalue weighted by atomic mass is 32.2. The second-order valence-corrected chi connectivity index (χ2v) is 8.25. The van der Waals surface area contributed by atoms with Crippen LogP contribution in [0.15, 0.2) is 47.4 Å². The third-order valence-corrected chi connectivity index (χ3v) is 6.42. The minimum atomic E-state index is 0.0269. The quantitative estimate of drug-likeness (QED) is 0.648. The zero-order chi connectivity index (χ0) is 18.5. The molecule has 2 aromatic carbocycles. The minimum absolute atomic E-state index is 0.0269. The van der Waals surface area contributed by atoms with Gasteiger partial charge in [-0.3, -0.25) is 4.79 Å². The van der Waals surface area contributed by atoms with Crippen molar-refractivity contribution < 1.29 is 14.3 Å². The average molecular weight is 390 g/mol. The number of carbonyl (C=O) groups is 1. The van der Waals surface area contributed by atoms with Crippen LogP contribution in [0.3, 0.4) is 0 Å². The van der Waals surface area contributed by atoms with Crippen LogP contribution in [-0.2, 0) is 11.3 Å². The molecule has 1 fully saturated rings. The summed E-state index contributed by atoms with van der Waals surface area (Å²) in [5.41, 5.74) is 2.11. The van der Waals surface area contributed by atoms with Gasteiger partial charge in [0.05, 0.1) is 26.5 Å². The molecule has 6 heteroatoms. The molecule has 1 amide bonds. The van der Waals surface area contributed by atoms with Crippen molar-refractivity contribution in [2.24, 2.45) is 0 Å². The molecule has 3 rings (SSSR count). The van der Waals surface area contributed by atoms with Crippen molar-refractivity contribution >= 4 is 29.4 Å². The second-order valence-electron chi connectivity index (χ2n) is 5.84.